The minimum atomic E-state index is -0.976. The molecule has 7 heteroatoms. The van der Waals surface area contributed by atoms with Crippen molar-refractivity contribution >= 4 is 23.5 Å². The lowest BCUT2D eigenvalue weighted by Gasteiger charge is -2.33. The number of carbonyl (C=O) groups is 3. The smallest absolute Gasteiger partial charge is 0.326 e. The van der Waals surface area contributed by atoms with E-state index in [2.05, 4.69) is 5.32 Å². The fourth-order valence-electron chi connectivity index (χ4n) is 2.89. The Morgan fingerprint density at radius 1 is 1.12 bits per heavy atom. The molecule has 1 aromatic carbocycles. The second-order valence-corrected chi connectivity index (χ2v) is 5.86. The van der Waals surface area contributed by atoms with Crippen LogP contribution in [0.5, 0.6) is 0 Å². The van der Waals surface area contributed by atoms with E-state index in [1.165, 1.54) is 11.2 Å². The molecule has 1 aromatic heterocycles. The van der Waals surface area contributed by atoms with Crippen LogP contribution < -0.4 is 5.32 Å². The topological polar surface area (TPSA) is 99.9 Å². The van der Waals surface area contributed by atoms with Crippen LogP contribution in [0.25, 0.3) is 0 Å². The van der Waals surface area contributed by atoms with Gasteiger partial charge in [-0.2, -0.15) is 0 Å². The van der Waals surface area contributed by atoms with Gasteiger partial charge in [0.2, 0.25) is 0 Å². The molecule has 3 rings (SSSR count). The number of anilines is 1. The first-order valence-corrected chi connectivity index (χ1v) is 8.05. The SMILES string of the molecule is O=C(Nc1ccc(C(=O)N2CCCCC2C(=O)O)cc1)c1ccco1. The van der Waals surface area contributed by atoms with Crippen molar-refractivity contribution in [3.63, 3.8) is 0 Å². The Hall–Kier alpha value is -3.09. The largest absolute Gasteiger partial charge is 0.480 e. The molecule has 1 atom stereocenters. The van der Waals surface area contributed by atoms with Crippen molar-refractivity contribution in [2.45, 2.75) is 25.3 Å². The van der Waals surface area contributed by atoms with Crippen molar-refractivity contribution in [2.24, 2.45) is 0 Å². The number of amides is 2. The fourth-order valence-corrected chi connectivity index (χ4v) is 2.89. The summed E-state index contributed by atoms with van der Waals surface area (Å²) in [7, 11) is 0. The number of nitrogens with zero attached hydrogens (tertiary/aromatic N) is 1. The molecule has 1 saturated heterocycles. The van der Waals surface area contributed by atoms with Gasteiger partial charge in [0.25, 0.3) is 11.8 Å². The van der Waals surface area contributed by atoms with Crippen molar-refractivity contribution in [1.82, 2.24) is 4.90 Å². The molecule has 1 unspecified atom stereocenters. The third kappa shape index (κ3) is 3.71. The molecular weight excluding hydrogens is 324 g/mol. The molecule has 1 fully saturated rings. The van der Waals surface area contributed by atoms with E-state index in [1.807, 2.05) is 0 Å². The second kappa shape index (κ2) is 7.21. The van der Waals surface area contributed by atoms with Gasteiger partial charge >= 0.3 is 5.97 Å². The molecule has 0 aliphatic carbocycles. The first-order valence-electron chi connectivity index (χ1n) is 8.05. The summed E-state index contributed by atoms with van der Waals surface area (Å²) in [5.41, 5.74) is 0.913. The lowest BCUT2D eigenvalue weighted by Crippen LogP contribution is -2.47. The van der Waals surface area contributed by atoms with Gasteiger partial charge in [-0.15, -0.1) is 0 Å². The van der Waals surface area contributed by atoms with Gasteiger partial charge < -0.3 is 19.7 Å². The summed E-state index contributed by atoms with van der Waals surface area (Å²) in [4.78, 5) is 37.3. The minimum absolute atomic E-state index is 0.192. The van der Waals surface area contributed by atoms with Crippen LogP contribution in [0.15, 0.2) is 47.1 Å². The number of likely N-dealkylation sites (tertiary alicyclic amines) is 1. The highest BCUT2D eigenvalue weighted by atomic mass is 16.4. The number of carboxylic acid groups (broad SMARTS) is 1. The van der Waals surface area contributed by atoms with Crippen LogP contribution in [-0.2, 0) is 4.79 Å². The number of nitrogens with one attached hydrogen (secondary N) is 1. The first kappa shape index (κ1) is 16.8. The maximum absolute atomic E-state index is 12.6. The quantitative estimate of drug-likeness (QED) is 0.889. The molecule has 130 valence electrons. The number of carbonyl (C=O) groups excluding carboxylic acids is 2. The van der Waals surface area contributed by atoms with Crippen molar-refractivity contribution in [1.29, 1.82) is 0 Å². The molecule has 0 radical (unpaired) electrons. The van der Waals surface area contributed by atoms with E-state index >= 15 is 0 Å². The van der Waals surface area contributed by atoms with Gasteiger partial charge in [0.05, 0.1) is 6.26 Å². The Morgan fingerprint density at radius 2 is 1.88 bits per heavy atom. The molecular formula is C18H18N2O5. The van der Waals surface area contributed by atoms with E-state index in [9.17, 15) is 19.5 Å². The van der Waals surface area contributed by atoms with Crippen LogP contribution in [0.1, 0.15) is 40.2 Å². The number of piperidine rings is 1. The monoisotopic (exact) mass is 342 g/mol. The highest BCUT2D eigenvalue weighted by Gasteiger charge is 2.32. The number of hydrogen-bond donors (Lipinski definition) is 2. The molecule has 7 nitrogen and oxygen atoms in total. The summed E-state index contributed by atoms with van der Waals surface area (Å²) in [6.07, 6.45) is 3.48. The van der Waals surface area contributed by atoms with Crippen LogP contribution in [-0.4, -0.2) is 40.4 Å². The number of benzene rings is 1. The van der Waals surface area contributed by atoms with Gasteiger partial charge in [0.15, 0.2) is 5.76 Å². The van der Waals surface area contributed by atoms with E-state index in [-0.39, 0.29) is 17.6 Å². The Kier molecular flexibility index (Phi) is 4.83. The van der Waals surface area contributed by atoms with E-state index in [0.29, 0.717) is 24.2 Å². The molecule has 0 saturated carbocycles. The molecule has 0 bridgehead atoms. The summed E-state index contributed by atoms with van der Waals surface area (Å²) < 4.78 is 5.01. The predicted molar refractivity (Wildman–Crippen MR) is 89.4 cm³/mol. The lowest BCUT2D eigenvalue weighted by atomic mass is 10.0. The molecule has 1 aliphatic heterocycles. The van der Waals surface area contributed by atoms with Gasteiger partial charge in [-0.1, -0.05) is 0 Å². The number of aliphatic carboxylic acids is 1. The van der Waals surface area contributed by atoms with Crippen LogP contribution >= 0.6 is 0 Å². The zero-order valence-corrected chi connectivity index (χ0v) is 13.5. The standard InChI is InChI=1S/C18H18N2O5/c21-16(15-5-3-11-25-15)19-13-8-6-12(7-9-13)17(22)20-10-2-1-4-14(20)18(23)24/h3,5-9,11,14H,1-2,4,10H2,(H,19,21)(H,23,24). The Morgan fingerprint density at radius 3 is 2.52 bits per heavy atom. The highest BCUT2D eigenvalue weighted by Crippen LogP contribution is 2.21. The average molecular weight is 342 g/mol. The van der Waals surface area contributed by atoms with Crippen LogP contribution in [0.2, 0.25) is 0 Å². The number of hydrogen-bond acceptors (Lipinski definition) is 4. The second-order valence-electron chi connectivity index (χ2n) is 5.86. The summed E-state index contributed by atoms with van der Waals surface area (Å²) in [5, 5.41) is 12.0. The van der Waals surface area contributed by atoms with Crippen molar-refractivity contribution in [2.75, 3.05) is 11.9 Å². The van der Waals surface area contributed by atoms with E-state index in [4.69, 9.17) is 4.42 Å². The maximum atomic E-state index is 12.6. The average Bonchev–Trinajstić information content (AvgIpc) is 3.16. The van der Waals surface area contributed by atoms with Crippen LogP contribution in [0.3, 0.4) is 0 Å². The van der Waals surface area contributed by atoms with Gasteiger partial charge in [0, 0.05) is 17.8 Å². The number of furan rings is 1. The maximum Gasteiger partial charge on any atom is 0.326 e. The van der Waals surface area contributed by atoms with Crippen molar-refractivity contribution in [3.05, 3.63) is 54.0 Å². The molecule has 2 heterocycles. The van der Waals surface area contributed by atoms with Crippen molar-refractivity contribution in [3.8, 4) is 0 Å². The fraction of sp³-hybridized carbons (Fsp3) is 0.278. The van der Waals surface area contributed by atoms with Crippen molar-refractivity contribution < 1.29 is 23.9 Å². The minimum Gasteiger partial charge on any atom is -0.480 e. The molecule has 2 amide bonds. The molecule has 0 spiro atoms. The molecule has 2 aromatic rings. The summed E-state index contributed by atoms with van der Waals surface area (Å²) in [6, 6.07) is 8.76. The van der Waals surface area contributed by atoms with Crippen LogP contribution in [0, 0.1) is 0 Å². The predicted octanol–water partition coefficient (Wildman–Crippen LogP) is 2.61. The zero-order chi connectivity index (χ0) is 17.8. The van der Waals surface area contributed by atoms with E-state index < -0.39 is 12.0 Å². The molecule has 2 N–H and O–H groups in total. The van der Waals surface area contributed by atoms with E-state index in [1.54, 1.807) is 36.4 Å². The third-order valence-corrected chi connectivity index (χ3v) is 4.18. The summed E-state index contributed by atoms with van der Waals surface area (Å²) in [5.74, 6) is -1.48. The highest BCUT2D eigenvalue weighted by molar-refractivity contribution is 6.02. The Balaban J connectivity index is 1.70. The summed E-state index contributed by atoms with van der Waals surface area (Å²) in [6.45, 7) is 0.437. The Bertz CT molecular complexity index is 767. The lowest BCUT2D eigenvalue weighted by molar-refractivity contribution is -0.143. The molecule has 25 heavy (non-hydrogen) atoms. The zero-order valence-electron chi connectivity index (χ0n) is 13.5. The van der Waals surface area contributed by atoms with Gasteiger partial charge in [-0.05, 0) is 55.7 Å². The number of rotatable bonds is 4. The summed E-state index contributed by atoms with van der Waals surface area (Å²) >= 11 is 0. The van der Waals surface area contributed by atoms with Gasteiger partial charge in [-0.25, -0.2) is 4.79 Å². The van der Waals surface area contributed by atoms with Gasteiger partial charge in [-0.3, -0.25) is 9.59 Å². The van der Waals surface area contributed by atoms with E-state index in [0.717, 1.165) is 12.8 Å². The normalized spacial score (nSPS) is 17.1. The third-order valence-electron chi connectivity index (χ3n) is 4.18. The van der Waals surface area contributed by atoms with Gasteiger partial charge in [0.1, 0.15) is 6.04 Å². The number of carboxylic acids is 1. The molecule has 1 aliphatic rings. The Labute approximate surface area is 144 Å². The van der Waals surface area contributed by atoms with Crippen LogP contribution in [0.4, 0.5) is 5.69 Å². The first-order chi connectivity index (χ1) is 12.1.